The summed E-state index contributed by atoms with van der Waals surface area (Å²) >= 11 is 11.1. The first-order valence-corrected chi connectivity index (χ1v) is 8.04. The van der Waals surface area contributed by atoms with Crippen molar-refractivity contribution in [2.45, 2.75) is 12.5 Å². The van der Waals surface area contributed by atoms with Gasteiger partial charge in [-0.2, -0.15) is 11.8 Å². The van der Waals surface area contributed by atoms with Gasteiger partial charge in [0.1, 0.15) is 0 Å². The van der Waals surface area contributed by atoms with E-state index >= 15 is 0 Å². The molecule has 6 heteroatoms. The van der Waals surface area contributed by atoms with Gasteiger partial charge in [0, 0.05) is 40.0 Å². The van der Waals surface area contributed by atoms with E-state index in [1.807, 2.05) is 11.8 Å². The number of amides is 1. The van der Waals surface area contributed by atoms with E-state index in [-0.39, 0.29) is 11.9 Å². The maximum Gasteiger partial charge on any atom is 0.226 e. The molecule has 1 saturated heterocycles. The Labute approximate surface area is 124 Å². The third-order valence-corrected chi connectivity index (χ3v) is 4.66. The zero-order valence-electron chi connectivity index (χ0n) is 9.71. The van der Waals surface area contributed by atoms with Crippen LogP contribution in [0.15, 0.2) is 22.7 Å². The summed E-state index contributed by atoms with van der Waals surface area (Å²) in [4.78, 5) is 11.9. The number of benzene rings is 1. The second-order valence-corrected chi connectivity index (χ2v) is 6.54. The molecule has 1 unspecified atom stereocenters. The van der Waals surface area contributed by atoms with Gasteiger partial charge in [-0.25, -0.2) is 0 Å². The van der Waals surface area contributed by atoms with Crippen molar-refractivity contribution in [1.82, 2.24) is 5.32 Å². The third-order valence-electron chi connectivity index (χ3n) is 2.64. The van der Waals surface area contributed by atoms with Crippen molar-refractivity contribution in [2.75, 3.05) is 23.4 Å². The number of halogens is 2. The van der Waals surface area contributed by atoms with E-state index in [1.165, 1.54) is 0 Å². The molecule has 2 N–H and O–H groups in total. The number of hydrogen-bond donors (Lipinski definition) is 2. The number of carbonyl (C=O) groups is 1. The number of rotatable bonds is 3. The molecule has 0 saturated carbocycles. The van der Waals surface area contributed by atoms with Gasteiger partial charge in [-0.3, -0.25) is 4.79 Å². The van der Waals surface area contributed by atoms with Gasteiger partial charge in [-0.05, 0) is 34.1 Å². The third kappa shape index (κ3) is 4.16. The molecule has 1 amide bonds. The predicted octanol–water partition coefficient (Wildman–Crippen LogP) is 3.14. The molecule has 0 radical (unpaired) electrons. The molecule has 2 rings (SSSR count). The van der Waals surface area contributed by atoms with Gasteiger partial charge >= 0.3 is 0 Å². The quantitative estimate of drug-likeness (QED) is 0.881. The first-order valence-electron chi connectivity index (χ1n) is 5.71. The molecule has 98 valence electrons. The van der Waals surface area contributed by atoms with Crippen LogP contribution < -0.4 is 10.6 Å². The molecule has 1 aromatic carbocycles. The number of thioether (sulfide) groups is 1. The molecule has 1 fully saturated rings. The van der Waals surface area contributed by atoms with Crippen molar-refractivity contribution >= 4 is 50.9 Å². The highest BCUT2D eigenvalue weighted by Crippen LogP contribution is 2.26. The van der Waals surface area contributed by atoms with Crippen molar-refractivity contribution in [3.05, 3.63) is 27.7 Å². The van der Waals surface area contributed by atoms with E-state index in [4.69, 9.17) is 11.6 Å². The molecule has 1 aromatic rings. The maximum absolute atomic E-state index is 11.9. The van der Waals surface area contributed by atoms with Crippen molar-refractivity contribution < 1.29 is 4.79 Å². The molecule has 0 spiro atoms. The van der Waals surface area contributed by atoms with Crippen LogP contribution in [0.25, 0.3) is 0 Å². The summed E-state index contributed by atoms with van der Waals surface area (Å²) in [5.41, 5.74) is 0.757. The SMILES string of the molecule is O=C(CC1CSCCN1)Nc1ccc(Cl)cc1Br. The average Bonchev–Trinajstić information content (AvgIpc) is 2.34. The van der Waals surface area contributed by atoms with Crippen LogP contribution in [0.2, 0.25) is 5.02 Å². The summed E-state index contributed by atoms with van der Waals surface area (Å²) in [6, 6.07) is 5.60. The lowest BCUT2D eigenvalue weighted by Gasteiger charge is -2.22. The minimum Gasteiger partial charge on any atom is -0.325 e. The maximum atomic E-state index is 11.9. The fourth-order valence-electron chi connectivity index (χ4n) is 1.77. The van der Waals surface area contributed by atoms with E-state index in [0.717, 1.165) is 28.2 Å². The summed E-state index contributed by atoms with van der Waals surface area (Å²) in [5, 5.41) is 6.88. The molecule has 3 nitrogen and oxygen atoms in total. The van der Waals surface area contributed by atoms with Crippen LogP contribution in [0, 0.1) is 0 Å². The van der Waals surface area contributed by atoms with Gasteiger partial charge in [-0.1, -0.05) is 11.6 Å². The predicted molar refractivity (Wildman–Crippen MR) is 81.5 cm³/mol. The van der Waals surface area contributed by atoms with Crippen LogP contribution in [0.1, 0.15) is 6.42 Å². The van der Waals surface area contributed by atoms with E-state index in [0.29, 0.717) is 11.4 Å². The summed E-state index contributed by atoms with van der Waals surface area (Å²) in [6.45, 7) is 0.979. The normalized spacial score (nSPS) is 19.6. The van der Waals surface area contributed by atoms with Gasteiger partial charge in [0.25, 0.3) is 0 Å². The summed E-state index contributed by atoms with van der Waals surface area (Å²) in [7, 11) is 0. The van der Waals surface area contributed by atoms with Crippen LogP contribution >= 0.6 is 39.3 Å². The summed E-state index contributed by atoms with van der Waals surface area (Å²) < 4.78 is 0.800. The van der Waals surface area contributed by atoms with Crippen LogP contribution in [0.4, 0.5) is 5.69 Å². The minimum atomic E-state index is 0.0259. The topological polar surface area (TPSA) is 41.1 Å². The molecule has 0 bridgehead atoms. The van der Waals surface area contributed by atoms with Crippen LogP contribution in [-0.4, -0.2) is 30.0 Å². The fourth-order valence-corrected chi connectivity index (χ4v) is 3.50. The van der Waals surface area contributed by atoms with Crippen molar-refractivity contribution in [3.8, 4) is 0 Å². The molecule has 1 aliphatic heterocycles. The smallest absolute Gasteiger partial charge is 0.226 e. The fraction of sp³-hybridized carbons (Fsp3) is 0.417. The average molecular weight is 350 g/mol. The Bertz CT molecular complexity index is 438. The highest BCUT2D eigenvalue weighted by atomic mass is 79.9. The molecular formula is C12H14BrClN2OS. The van der Waals surface area contributed by atoms with E-state index in [2.05, 4.69) is 26.6 Å². The Kier molecular flexibility index (Phi) is 5.36. The number of carbonyl (C=O) groups excluding carboxylic acids is 1. The molecular weight excluding hydrogens is 336 g/mol. The lowest BCUT2D eigenvalue weighted by Crippen LogP contribution is -2.39. The van der Waals surface area contributed by atoms with Crippen molar-refractivity contribution in [2.24, 2.45) is 0 Å². The van der Waals surface area contributed by atoms with Crippen LogP contribution in [0.3, 0.4) is 0 Å². The van der Waals surface area contributed by atoms with Crippen LogP contribution in [-0.2, 0) is 4.79 Å². The molecule has 1 atom stereocenters. The Morgan fingerprint density at radius 3 is 3.11 bits per heavy atom. The van der Waals surface area contributed by atoms with Crippen LogP contribution in [0.5, 0.6) is 0 Å². The highest BCUT2D eigenvalue weighted by molar-refractivity contribution is 9.10. The molecule has 1 aliphatic rings. The Morgan fingerprint density at radius 1 is 1.61 bits per heavy atom. The number of anilines is 1. The van der Waals surface area contributed by atoms with Gasteiger partial charge in [0.15, 0.2) is 0 Å². The van der Waals surface area contributed by atoms with Crippen molar-refractivity contribution in [3.63, 3.8) is 0 Å². The lowest BCUT2D eigenvalue weighted by atomic mass is 10.2. The largest absolute Gasteiger partial charge is 0.325 e. The van der Waals surface area contributed by atoms with Gasteiger partial charge in [-0.15, -0.1) is 0 Å². The van der Waals surface area contributed by atoms with Crippen molar-refractivity contribution in [1.29, 1.82) is 0 Å². The molecule has 1 heterocycles. The monoisotopic (exact) mass is 348 g/mol. The Morgan fingerprint density at radius 2 is 2.44 bits per heavy atom. The summed E-state index contributed by atoms with van der Waals surface area (Å²) in [6.07, 6.45) is 0.502. The van der Waals surface area contributed by atoms with E-state index in [9.17, 15) is 4.79 Å². The number of nitrogens with one attached hydrogen (secondary N) is 2. The van der Waals surface area contributed by atoms with E-state index in [1.54, 1.807) is 18.2 Å². The zero-order chi connectivity index (χ0) is 13.0. The molecule has 18 heavy (non-hydrogen) atoms. The van der Waals surface area contributed by atoms with Gasteiger partial charge in [0.2, 0.25) is 5.91 Å². The first kappa shape index (κ1) is 14.2. The Balaban J connectivity index is 1.90. The first-order chi connectivity index (χ1) is 8.65. The Hall–Kier alpha value is -0.230. The second kappa shape index (κ2) is 6.80. The van der Waals surface area contributed by atoms with Gasteiger partial charge < -0.3 is 10.6 Å². The lowest BCUT2D eigenvalue weighted by molar-refractivity contribution is -0.116. The number of hydrogen-bond acceptors (Lipinski definition) is 3. The molecule has 0 aliphatic carbocycles. The summed E-state index contributed by atoms with van der Waals surface area (Å²) in [5.74, 6) is 2.15. The molecule has 0 aromatic heterocycles. The van der Waals surface area contributed by atoms with Gasteiger partial charge in [0.05, 0.1) is 5.69 Å². The van der Waals surface area contributed by atoms with E-state index < -0.39 is 0 Å². The minimum absolute atomic E-state index is 0.0259. The zero-order valence-corrected chi connectivity index (χ0v) is 12.9. The standard InChI is InChI=1S/C12H14BrClN2OS/c13-10-5-8(14)1-2-11(10)16-12(17)6-9-7-18-4-3-15-9/h1-2,5,9,15H,3-4,6-7H2,(H,16,17). The second-order valence-electron chi connectivity index (χ2n) is 4.10. The highest BCUT2D eigenvalue weighted by Gasteiger charge is 2.17.